The molecule has 7 aromatic carbocycles. The molecule has 0 spiro atoms. The van der Waals surface area contributed by atoms with E-state index in [1.54, 1.807) is 0 Å². The molecule has 212 valence electrons. The van der Waals surface area contributed by atoms with Gasteiger partial charge in [-0.2, -0.15) is 0 Å². The fourth-order valence-electron chi connectivity index (χ4n) is 6.74. The Kier molecular flexibility index (Phi) is 6.03. The van der Waals surface area contributed by atoms with Crippen molar-refractivity contribution in [2.45, 2.75) is 0 Å². The molecule has 45 heavy (non-hydrogen) atoms. The molecule has 2 nitrogen and oxygen atoms in total. The molecule has 0 saturated heterocycles. The highest BCUT2D eigenvalue weighted by atomic mass is 32.1. The summed E-state index contributed by atoms with van der Waals surface area (Å²) in [5.74, 6) is 0. The predicted molar refractivity (Wildman–Crippen MR) is 194 cm³/mol. The van der Waals surface area contributed by atoms with Crippen LogP contribution in [-0.2, 0) is 0 Å². The normalized spacial score (nSPS) is 11.6. The largest absolute Gasteiger partial charge is 0.308 e. The summed E-state index contributed by atoms with van der Waals surface area (Å²) < 4.78 is 5.04. The molecule has 2 heterocycles. The summed E-state index contributed by atoms with van der Waals surface area (Å²) in [5, 5.41) is 5.10. The first kappa shape index (κ1) is 25.8. The van der Waals surface area contributed by atoms with Gasteiger partial charge in [0.2, 0.25) is 0 Å². The van der Waals surface area contributed by atoms with Crippen LogP contribution >= 0.6 is 11.3 Å². The lowest BCUT2D eigenvalue weighted by atomic mass is 10.0. The first-order chi connectivity index (χ1) is 22.3. The third kappa shape index (κ3) is 4.24. The minimum absolute atomic E-state index is 1.11. The van der Waals surface area contributed by atoms with Crippen molar-refractivity contribution in [3.05, 3.63) is 170 Å². The number of thiophene rings is 1. The number of benzene rings is 7. The van der Waals surface area contributed by atoms with Crippen molar-refractivity contribution in [3.63, 3.8) is 0 Å². The van der Waals surface area contributed by atoms with Crippen LogP contribution in [0.25, 0.3) is 58.8 Å². The van der Waals surface area contributed by atoms with Gasteiger partial charge in [-0.05, 0) is 71.8 Å². The molecule has 0 unspecified atom stereocenters. The molecular weight excluding hydrogens is 565 g/mol. The highest BCUT2D eigenvalue weighted by molar-refractivity contribution is 7.25. The number of anilines is 3. The van der Waals surface area contributed by atoms with Crippen molar-refractivity contribution >= 4 is 70.4 Å². The van der Waals surface area contributed by atoms with Crippen LogP contribution in [-0.4, -0.2) is 4.57 Å². The Morgan fingerprint density at radius 1 is 0.400 bits per heavy atom. The molecule has 2 aromatic heterocycles. The van der Waals surface area contributed by atoms with Gasteiger partial charge in [-0.3, -0.25) is 0 Å². The Morgan fingerprint density at radius 3 is 1.71 bits per heavy atom. The summed E-state index contributed by atoms with van der Waals surface area (Å²) in [6.07, 6.45) is 0. The zero-order valence-corrected chi connectivity index (χ0v) is 25.3. The Hall–Kier alpha value is -5.64. The molecule has 3 heteroatoms. The molecule has 9 aromatic rings. The zero-order chi connectivity index (χ0) is 29.7. The molecule has 0 amide bonds. The maximum atomic E-state index is 2.42. The molecule has 0 saturated carbocycles. The Morgan fingerprint density at radius 2 is 0.956 bits per heavy atom. The molecule has 0 atom stereocenters. The van der Waals surface area contributed by atoms with E-state index in [0.717, 1.165) is 22.7 Å². The molecule has 9 rings (SSSR count). The van der Waals surface area contributed by atoms with E-state index in [2.05, 4.69) is 179 Å². The average molecular weight is 593 g/mol. The van der Waals surface area contributed by atoms with Crippen LogP contribution < -0.4 is 4.90 Å². The third-order valence-corrected chi connectivity index (χ3v) is 9.95. The lowest BCUT2D eigenvalue weighted by Gasteiger charge is -2.28. The number of hydrogen-bond donors (Lipinski definition) is 0. The summed E-state index contributed by atoms with van der Waals surface area (Å²) >= 11 is 1.85. The topological polar surface area (TPSA) is 8.17 Å². The summed E-state index contributed by atoms with van der Waals surface area (Å²) in [4.78, 5) is 2.42. The quantitative estimate of drug-likeness (QED) is 0.193. The minimum Gasteiger partial charge on any atom is -0.308 e. The van der Waals surface area contributed by atoms with E-state index < -0.39 is 0 Å². The van der Waals surface area contributed by atoms with Crippen molar-refractivity contribution in [1.82, 2.24) is 4.57 Å². The second kappa shape index (κ2) is 10.5. The number of nitrogens with zero attached hydrogens (tertiary/aromatic N) is 2. The van der Waals surface area contributed by atoms with Crippen molar-refractivity contribution in [1.29, 1.82) is 0 Å². The SMILES string of the molecule is c1ccc(-c2ccc(N(c3ccc4sc5ccccc5c4c3)c3ccccc3-n3c4ccccc4c4ccccc43)cc2)cc1. The molecule has 0 bridgehead atoms. The van der Waals surface area contributed by atoms with Crippen molar-refractivity contribution in [3.8, 4) is 16.8 Å². The van der Waals surface area contributed by atoms with Gasteiger partial charge in [-0.1, -0.05) is 109 Å². The Balaban J connectivity index is 1.30. The number of para-hydroxylation sites is 4. The van der Waals surface area contributed by atoms with E-state index in [1.165, 1.54) is 53.1 Å². The molecule has 0 fully saturated rings. The fraction of sp³-hybridized carbons (Fsp3) is 0. The Labute approximate surface area is 265 Å². The van der Waals surface area contributed by atoms with Gasteiger partial charge >= 0.3 is 0 Å². The molecule has 0 aliphatic carbocycles. The van der Waals surface area contributed by atoms with Crippen LogP contribution in [0, 0.1) is 0 Å². The summed E-state index contributed by atoms with van der Waals surface area (Å²) in [7, 11) is 0. The van der Waals surface area contributed by atoms with Crippen LogP contribution in [0.4, 0.5) is 17.1 Å². The lowest BCUT2D eigenvalue weighted by molar-refractivity contribution is 1.15. The van der Waals surface area contributed by atoms with Crippen LogP contribution in [0.15, 0.2) is 170 Å². The molecule has 0 radical (unpaired) electrons. The summed E-state index contributed by atoms with van der Waals surface area (Å²) in [6.45, 7) is 0. The van der Waals surface area contributed by atoms with Gasteiger partial charge in [-0.15, -0.1) is 11.3 Å². The molecular formula is C42H28N2S. The van der Waals surface area contributed by atoms with Gasteiger partial charge < -0.3 is 9.47 Å². The first-order valence-corrected chi connectivity index (χ1v) is 16.1. The van der Waals surface area contributed by atoms with Crippen molar-refractivity contribution < 1.29 is 0 Å². The van der Waals surface area contributed by atoms with Gasteiger partial charge in [0.25, 0.3) is 0 Å². The van der Waals surface area contributed by atoms with Gasteiger partial charge in [0, 0.05) is 42.3 Å². The van der Waals surface area contributed by atoms with Gasteiger partial charge in [0.15, 0.2) is 0 Å². The highest BCUT2D eigenvalue weighted by Gasteiger charge is 2.21. The van der Waals surface area contributed by atoms with E-state index in [1.807, 2.05) is 11.3 Å². The van der Waals surface area contributed by atoms with E-state index in [-0.39, 0.29) is 0 Å². The minimum atomic E-state index is 1.11. The smallest absolute Gasteiger partial charge is 0.0702 e. The zero-order valence-electron chi connectivity index (χ0n) is 24.5. The maximum Gasteiger partial charge on any atom is 0.0702 e. The molecule has 0 aliphatic rings. The number of hydrogen-bond acceptors (Lipinski definition) is 2. The van der Waals surface area contributed by atoms with E-state index in [4.69, 9.17) is 0 Å². The van der Waals surface area contributed by atoms with Gasteiger partial charge in [-0.25, -0.2) is 0 Å². The number of fused-ring (bicyclic) bond motifs is 6. The van der Waals surface area contributed by atoms with Crippen LogP contribution in [0.3, 0.4) is 0 Å². The second-order valence-electron chi connectivity index (χ2n) is 11.4. The first-order valence-electron chi connectivity index (χ1n) is 15.3. The summed E-state index contributed by atoms with van der Waals surface area (Å²) in [6, 6.07) is 61.4. The maximum absolute atomic E-state index is 2.42. The van der Waals surface area contributed by atoms with Crippen LogP contribution in [0.2, 0.25) is 0 Å². The molecule has 0 aliphatic heterocycles. The van der Waals surface area contributed by atoms with Crippen LogP contribution in [0.5, 0.6) is 0 Å². The van der Waals surface area contributed by atoms with Gasteiger partial charge in [0.1, 0.15) is 0 Å². The average Bonchev–Trinajstić information content (AvgIpc) is 3.65. The standard InChI is InChI=1S/C42H28N2S/c1-2-12-29(13-3-1)30-22-24-31(25-23-30)43(32-26-27-42-36(28-32)35-16-6-11-21-41(35)45-42)39-19-9-10-20-40(39)44-37-17-7-4-14-33(37)34-15-5-8-18-38(34)44/h1-28H. The van der Waals surface area contributed by atoms with Crippen molar-refractivity contribution in [2.75, 3.05) is 4.90 Å². The highest BCUT2D eigenvalue weighted by Crippen LogP contribution is 2.44. The van der Waals surface area contributed by atoms with E-state index >= 15 is 0 Å². The second-order valence-corrected chi connectivity index (χ2v) is 12.5. The summed E-state index contributed by atoms with van der Waals surface area (Å²) in [5.41, 5.74) is 9.32. The van der Waals surface area contributed by atoms with Crippen LogP contribution in [0.1, 0.15) is 0 Å². The van der Waals surface area contributed by atoms with E-state index in [0.29, 0.717) is 0 Å². The number of rotatable bonds is 5. The van der Waals surface area contributed by atoms with Gasteiger partial charge in [0.05, 0.1) is 22.4 Å². The fourth-order valence-corrected chi connectivity index (χ4v) is 7.82. The lowest BCUT2D eigenvalue weighted by Crippen LogP contribution is -2.13. The molecule has 0 N–H and O–H groups in total. The van der Waals surface area contributed by atoms with Crippen molar-refractivity contribution in [2.24, 2.45) is 0 Å². The number of aromatic nitrogens is 1. The van der Waals surface area contributed by atoms with E-state index in [9.17, 15) is 0 Å². The predicted octanol–water partition coefficient (Wildman–Crippen LogP) is 12.3. The Bertz CT molecular complexity index is 2430. The monoisotopic (exact) mass is 592 g/mol. The third-order valence-electron chi connectivity index (χ3n) is 8.79.